The maximum Gasteiger partial charge on any atom is 0.309 e. The number of nitrogens with one attached hydrogen (secondary N) is 2. The molecule has 0 aliphatic heterocycles. The predicted molar refractivity (Wildman–Crippen MR) is 130 cm³/mol. The zero-order valence-corrected chi connectivity index (χ0v) is 19.3. The van der Waals surface area contributed by atoms with Crippen molar-refractivity contribution in [3.05, 3.63) is 102 Å². The zero-order chi connectivity index (χ0) is 25.6. The van der Waals surface area contributed by atoms with E-state index in [1.165, 1.54) is 24.3 Å². The molecule has 5 rings (SSSR count). The molecule has 37 heavy (non-hydrogen) atoms. The van der Waals surface area contributed by atoms with Crippen LogP contribution in [0.3, 0.4) is 0 Å². The van der Waals surface area contributed by atoms with Crippen LogP contribution in [-0.2, 0) is 11.2 Å². The highest BCUT2D eigenvalue weighted by Gasteiger charge is 2.19. The van der Waals surface area contributed by atoms with Gasteiger partial charge in [-0.25, -0.2) is 14.1 Å². The Morgan fingerprint density at radius 3 is 2.27 bits per heavy atom. The van der Waals surface area contributed by atoms with Crippen LogP contribution in [0.4, 0.5) is 4.39 Å². The smallest absolute Gasteiger partial charge is 0.309 e. The molecule has 0 fully saturated rings. The summed E-state index contributed by atoms with van der Waals surface area (Å²) in [5.41, 5.74) is 6.78. The molecular formula is C26H20FN7O3. The van der Waals surface area contributed by atoms with Gasteiger partial charge in [-0.2, -0.15) is 4.98 Å². The lowest BCUT2D eigenvalue weighted by Gasteiger charge is -2.05. The number of halogens is 1. The fourth-order valence-corrected chi connectivity index (χ4v) is 3.47. The van der Waals surface area contributed by atoms with Crippen molar-refractivity contribution < 1.29 is 18.5 Å². The second-order valence-electron chi connectivity index (χ2n) is 7.89. The van der Waals surface area contributed by atoms with Gasteiger partial charge in [-0.1, -0.05) is 53.7 Å². The van der Waals surface area contributed by atoms with Crippen molar-refractivity contribution in [3.63, 3.8) is 0 Å². The molecule has 10 nitrogen and oxygen atoms in total. The Hall–Kier alpha value is -5.19. The van der Waals surface area contributed by atoms with Gasteiger partial charge in [-0.05, 0) is 36.4 Å². The predicted octanol–water partition coefficient (Wildman–Crippen LogP) is 3.52. The minimum Gasteiger partial charge on any atom is -0.339 e. The fraction of sp³-hybridized carbons (Fsp3) is 0.0769. The van der Waals surface area contributed by atoms with Gasteiger partial charge in [0, 0.05) is 24.0 Å². The summed E-state index contributed by atoms with van der Waals surface area (Å²) in [6.45, 7) is 0. The number of amides is 2. The lowest BCUT2D eigenvalue weighted by Crippen LogP contribution is -2.42. The molecule has 5 aromatic rings. The van der Waals surface area contributed by atoms with Crippen molar-refractivity contribution in [2.45, 2.75) is 12.8 Å². The van der Waals surface area contributed by atoms with Gasteiger partial charge in [0.25, 0.3) is 0 Å². The Labute approximate surface area is 210 Å². The van der Waals surface area contributed by atoms with Crippen LogP contribution in [0.15, 0.2) is 89.5 Å². The van der Waals surface area contributed by atoms with Crippen LogP contribution in [0, 0.1) is 5.82 Å². The van der Waals surface area contributed by atoms with E-state index in [9.17, 15) is 14.0 Å². The molecule has 11 heteroatoms. The van der Waals surface area contributed by atoms with E-state index in [0.29, 0.717) is 11.4 Å². The normalized spacial score (nSPS) is 10.7. The summed E-state index contributed by atoms with van der Waals surface area (Å²) in [5, 5.41) is 8.19. The van der Waals surface area contributed by atoms with E-state index in [1.807, 2.05) is 60.7 Å². The number of rotatable bonds is 7. The van der Waals surface area contributed by atoms with E-state index in [4.69, 9.17) is 4.52 Å². The van der Waals surface area contributed by atoms with Gasteiger partial charge in [-0.3, -0.25) is 20.4 Å². The van der Waals surface area contributed by atoms with Crippen molar-refractivity contribution in [2.75, 3.05) is 0 Å². The molecular weight excluding hydrogens is 477 g/mol. The number of benzene rings is 3. The number of hydrogen-bond donors (Lipinski definition) is 2. The first kappa shape index (κ1) is 23.5. The monoisotopic (exact) mass is 497 g/mol. The average Bonchev–Trinajstić information content (AvgIpc) is 3.60. The first-order valence-corrected chi connectivity index (χ1v) is 11.3. The van der Waals surface area contributed by atoms with Crippen LogP contribution < -0.4 is 10.9 Å². The molecule has 2 amide bonds. The minimum absolute atomic E-state index is 0.0213. The first-order chi connectivity index (χ1) is 18.1. The van der Waals surface area contributed by atoms with Crippen LogP contribution in [0.2, 0.25) is 0 Å². The Kier molecular flexibility index (Phi) is 6.75. The number of aryl methyl sites for hydroxylation is 1. The van der Waals surface area contributed by atoms with Crippen molar-refractivity contribution >= 4 is 11.8 Å². The molecule has 0 spiro atoms. The third-order valence-electron chi connectivity index (χ3n) is 5.29. The molecule has 0 saturated carbocycles. The number of nitrogens with zero attached hydrogens (tertiary/aromatic N) is 5. The molecule has 0 unspecified atom stereocenters. The highest BCUT2D eigenvalue weighted by molar-refractivity contribution is 5.92. The van der Waals surface area contributed by atoms with E-state index in [0.717, 1.165) is 11.3 Å². The Morgan fingerprint density at radius 2 is 1.54 bits per heavy atom. The summed E-state index contributed by atoms with van der Waals surface area (Å²) in [6, 6.07) is 24.3. The summed E-state index contributed by atoms with van der Waals surface area (Å²) in [7, 11) is 0. The van der Waals surface area contributed by atoms with Gasteiger partial charge in [-0.15, -0.1) is 5.10 Å². The fourth-order valence-electron chi connectivity index (χ4n) is 3.47. The first-order valence-electron chi connectivity index (χ1n) is 11.3. The molecule has 0 atom stereocenters. The molecule has 2 N–H and O–H groups in total. The number of aromatic nitrogens is 5. The van der Waals surface area contributed by atoms with Crippen LogP contribution >= 0.6 is 0 Å². The molecule has 0 saturated heterocycles. The van der Waals surface area contributed by atoms with Gasteiger partial charge in [0.05, 0.1) is 5.69 Å². The molecule has 0 radical (unpaired) electrons. The zero-order valence-electron chi connectivity index (χ0n) is 19.3. The average molecular weight is 497 g/mol. The lowest BCUT2D eigenvalue weighted by atomic mass is 10.2. The van der Waals surface area contributed by atoms with Crippen LogP contribution in [0.25, 0.3) is 28.5 Å². The third kappa shape index (κ3) is 5.56. The van der Waals surface area contributed by atoms with E-state index in [1.54, 1.807) is 4.68 Å². The number of para-hydroxylation sites is 1. The van der Waals surface area contributed by atoms with Crippen molar-refractivity contribution in [1.82, 2.24) is 35.8 Å². The summed E-state index contributed by atoms with van der Waals surface area (Å²) < 4.78 is 19.8. The van der Waals surface area contributed by atoms with E-state index < -0.39 is 11.8 Å². The van der Waals surface area contributed by atoms with Gasteiger partial charge in [0.1, 0.15) is 5.82 Å². The van der Waals surface area contributed by atoms with E-state index in [2.05, 4.69) is 31.1 Å². The second-order valence-corrected chi connectivity index (χ2v) is 7.89. The van der Waals surface area contributed by atoms with Gasteiger partial charge < -0.3 is 4.52 Å². The Bertz CT molecular complexity index is 1460. The van der Waals surface area contributed by atoms with E-state index >= 15 is 0 Å². The molecule has 3 aromatic carbocycles. The summed E-state index contributed by atoms with van der Waals surface area (Å²) in [4.78, 5) is 33.6. The van der Waals surface area contributed by atoms with Gasteiger partial charge in [0.15, 0.2) is 5.82 Å². The topological polar surface area (TPSA) is 128 Å². The summed E-state index contributed by atoms with van der Waals surface area (Å²) in [5.74, 6) is -0.614. The number of hydrazine groups is 1. The van der Waals surface area contributed by atoms with Crippen LogP contribution in [0.1, 0.15) is 22.9 Å². The largest absolute Gasteiger partial charge is 0.339 e. The quantitative estimate of drug-likeness (QED) is 0.329. The molecule has 184 valence electrons. The maximum atomic E-state index is 13.1. The van der Waals surface area contributed by atoms with Crippen molar-refractivity contribution in [3.8, 4) is 28.5 Å². The van der Waals surface area contributed by atoms with Crippen LogP contribution in [0.5, 0.6) is 0 Å². The Morgan fingerprint density at radius 1 is 0.838 bits per heavy atom. The molecule has 0 bridgehead atoms. The minimum atomic E-state index is -0.670. The second kappa shape index (κ2) is 10.6. The van der Waals surface area contributed by atoms with Crippen molar-refractivity contribution in [2.24, 2.45) is 0 Å². The van der Waals surface area contributed by atoms with Gasteiger partial charge in [0.2, 0.25) is 23.4 Å². The lowest BCUT2D eigenvalue weighted by molar-refractivity contribution is -0.121. The molecule has 2 heterocycles. The third-order valence-corrected chi connectivity index (χ3v) is 5.29. The molecule has 0 aliphatic rings. The standard InChI is InChI=1S/C26H20FN7O3/c27-19-13-11-17(12-14-19)23-28-22(37-33-23)16-15-21(35)30-31-26(36)24-29-25(18-7-3-1-4-8-18)34(32-24)20-9-5-2-6-10-20/h1-14H,15-16H2,(H,30,35)(H,31,36). The summed E-state index contributed by atoms with van der Waals surface area (Å²) >= 11 is 0. The number of carbonyl (C=O) groups is 2. The highest BCUT2D eigenvalue weighted by Crippen LogP contribution is 2.21. The maximum absolute atomic E-state index is 13.1. The molecule has 0 aliphatic carbocycles. The summed E-state index contributed by atoms with van der Waals surface area (Å²) in [6.07, 6.45) is 0.126. The van der Waals surface area contributed by atoms with Crippen molar-refractivity contribution in [1.29, 1.82) is 0 Å². The van der Waals surface area contributed by atoms with E-state index in [-0.39, 0.29) is 36.2 Å². The SMILES string of the molecule is O=C(CCc1nc(-c2ccc(F)cc2)no1)NNC(=O)c1nc(-c2ccccc2)n(-c2ccccc2)n1. The Balaban J connectivity index is 1.21. The molecule has 2 aromatic heterocycles. The number of hydrogen-bond acceptors (Lipinski definition) is 7. The highest BCUT2D eigenvalue weighted by atomic mass is 19.1. The van der Waals surface area contributed by atoms with Crippen LogP contribution in [-0.4, -0.2) is 36.7 Å². The van der Waals surface area contributed by atoms with Gasteiger partial charge >= 0.3 is 5.91 Å². The number of carbonyl (C=O) groups excluding carboxylic acids is 2.